The lowest BCUT2D eigenvalue weighted by Gasteiger charge is -2.35. The maximum Gasteiger partial charge on any atom is 0.317 e. The number of carboxylic acids is 1. The summed E-state index contributed by atoms with van der Waals surface area (Å²) in [5.41, 5.74) is 0. The molecular formula is C15H24N2O3. The van der Waals surface area contributed by atoms with Crippen LogP contribution >= 0.6 is 0 Å². The minimum atomic E-state index is -0.801. The van der Waals surface area contributed by atoms with Gasteiger partial charge in [-0.3, -0.25) is 4.79 Å². The molecule has 20 heavy (non-hydrogen) atoms. The zero-order chi connectivity index (χ0) is 14.8. The van der Waals surface area contributed by atoms with Crippen LogP contribution in [0.25, 0.3) is 0 Å². The number of piperidine rings is 1. The first-order valence-electron chi connectivity index (χ1n) is 7.35. The second-order valence-corrected chi connectivity index (χ2v) is 5.17. The molecule has 1 atom stereocenters. The Morgan fingerprint density at radius 1 is 1.35 bits per heavy atom. The van der Waals surface area contributed by atoms with Crippen LogP contribution in [0, 0.1) is 12.3 Å². The average Bonchev–Trinajstić information content (AvgIpc) is 2.45. The average molecular weight is 280 g/mol. The van der Waals surface area contributed by atoms with Crippen LogP contribution in [0.15, 0.2) is 0 Å². The topological polar surface area (TPSA) is 69.6 Å². The molecule has 1 rings (SSSR count). The number of nitrogens with one attached hydrogen (secondary N) is 1. The quantitative estimate of drug-likeness (QED) is 0.555. The number of carbonyl (C=O) groups excluding carboxylic acids is 1. The lowest BCUT2D eigenvalue weighted by Crippen LogP contribution is -2.49. The Kier molecular flexibility index (Phi) is 7.56. The Labute approximate surface area is 120 Å². The number of unbranched alkanes of at least 4 members (excludes halogenated alkanes) is 2. The van der Waals surface area contributed by atoms with Crippen LogP contribution < -0.4 is 5.32 Å². The number of nitrogens with zero attached hydrogens (tertiary/aromatic N) is 1. The number of likely N-dealkylation sites (tertiary alicyclic amines) is 1. The number of urea groups is 1. The van der Waals surface area contributed by atoms with Crippen LogP contribution in [0.5, 0.6) is 0 Å². The summed E-state index contributed by atoms with van der Waals surface area (Å²) in [5.74, 6) is 1.77. The van der Waals surface area contributed by atoms with Crippen molar-refractivity contribution < 1.29 is 14.7 Å². The lowest BCUT2D eigenvalue weighted by molar-refractivity contribution is -0.137. The van der Waals surface area contributed by atoms with Gasteiger partial charge in [-0.1, -0.05) is 0 Å². The van der Waals surface area contributed by atoms with E-state index in [9.17, 15) is 9.59 Å². The highest BCUT2D eigenvalue weighted by Gasteiger charge is 2.26. The van der Waals surface area contributed by atoms with Gasteiger partial charge in [-0.05, 0) is 38.5 Å². The molecule has 0 bridgehead atoms. The molecule has 1 aliphatic heterocycles. The van der Waals surface area contributed by atoms with Crippen molar-refractivity contribution in [2.24, 2.45) is 0 Å². The first kappa shape index (κ1) is 16.4. The summed E-state index contributed by atoms with van der Waals surface area (Å²) in [6, 6.07) is -0.00800. The summed E-state index contributed by atoms with van der Waals surface area (Å²) >= 11 is 0. The largest absolute Gasteiger partial charge is 0.481 e. The molecule has 112 valence electrons. The molecule has 0 spiro atoms. The summed E-state index contributed by atoms with van der Waals surface area (Å²) in [6.07, 6.45) is 11.3. The number of hydrogen-bond donors (Lipinski definition) is 2. The Morgan fingerprint density at radius 2 is 2.15 bits per heavy atom. The molecule has 0 aromatic heterocycles. The molecule has 5 heteroatoms. The van der Waals surface area contributed by atoms with Crippen molar-refractivity contribution in [3.63, 3.8) is 0 Å². The molecule has 2 amide bonds. The van der Waals surface area contributed by atoms with Crippen molar-refractivity contribution in [3.8, 4) is 12.3 Å². The minimum absolute atomic E-state index is 0.0607. The van der Waals surface area contributed by atoms with Crippen LogP contribution in [-0.2, 0) is 4.79 Å². The molecule has 1 fully saturated rings. The number of aliphatic carboxylic acids is 1. The summed E-state index contributed by atoms with van der Waals surface area (Å²) in [7, 11) is 0. The van der Waals surface area contributed by atoms with Crippen LogP contribution in [0.3, 0.4) is 0 Å². The molecule has 0 saturated carbocycles. The Bertz CT molecular complexity index is 363. The van der Waals surface area contributed by atoms with Crippen LogP contribution in [0.4, 0.5) is 4.79 Å². The van der Waals surface area contributed by atoms with E-state index in [1.54, 1.807) is 4.90 Å². The molecule has 0 radical (unpaired) electrons. The van der Waals surface area contributed by atoms with Gasteiger partial charge < -0.3 is 15.3 Å². The number of hydrogen-bond acceptors (Lipinski definition) is 2. The summed E-state index contributed by atoms with van der Waals surface area (Å²) in [6.45, 7) is 1.35. The normalized spacial score (nSPS) is 18.4. The Balaban J connectivity index is 2.34. The first-order chi connectivity index (χ1) is 9.65. The maximum absolute atomic E-state index is 12.1. The second-order valence-electron chi connectivity index (χ2n) is 5.17. The highest BCUT2D eigenvalue weighted by Crippen LogP contribution is 2.20. The van der Waals surface area contributed by atoms with E-state index in [0.717, 1.165) is 45.1 Å². The number of carbonyl (C=O) groups is 2. The van der Waals surface area contributed by atoms with E-state index < -0.39 is 5.97 Å². The molecule has 5 nitrogen and oxygen atoms in total. The first-order valence-corrected chi connectivity index (χ1v) is 7.35. The molecule has 0 aliphatic carbocycles. The maximum atomic E-state index is 12.1. The number of amides is 2. The van der Waals surface area contributed by atoms with Gasteiger partial charge in [0.05, 0.1) is 0 Å². The third-order valence-electron chi connectivity index (χ3n) is 3.60. The van der Waals surface area contributed by atoms with E-state index in [1.807, 2.05) is 0 Å². The van der Waals surface area contributed by atoms with Gasteiger partial charge in [0.25, 0.3) is 0 Å². The van der Waals surface area contributed by atoms with Gasteiger partial charge in [0, 0.05) is 32.0 Å². The third kappa shape index (κ3) is 5.96. The zero-order valence-corrected chi connectivity index (χ0v) is 11.9. The predicted molar refractivity (Wildman–Crippen MR) is 77.3 cm³/mol. The fourth-order valence-corrected chi connectivity index (χ4v) is 2.51. The van der Waals surface area contributed by atoms with Gasteiger partial charge in [-0.15, -0.1) is 12.3 Å². The van der Waals surface area contributed by atoms with E-state index in [2.05, 4.69) is 11.2 Å². The van der Waals surface area contributed by atoms with Crippen molar-refractivity contribution in [3.05, 3.63) is 0 Å². The second kappa shape index (κ2) is 9.24. The van der Waals surface area contributed by atoms with Gasteiger partial charge >= 0.3 is 12.0 Å². The molecule has 2 N–H and O–H groups in total. The standard InChI is InChI=1S/C15H24N2O3/c1-2-3-4-6-11-16-15(20)17-12-7-5-8-13(17)9-10-14(18)19/h1,13H,3-12H2,(H,16,20)(H,18,19). The molecule has 1 heterocycles. The Hall–Kier alpha value is -1.70. The van der Waals surface area contributed by atoms with E-state index >= 15 is 0 Å². The molecule has 0 aromatic carbocycles. The van der Waals surface area contributed by atoms with Gasteiger partial charge in [-0.25, -0.2) is 4.79 Å². The lowest BCUT2D eigenvalue weighted by atomic mass is 9.98. The monoisotopic (exact) mass is 280 g/mol. The fourth-order valence-electron chi connectivity index (χ4n) is 2.51. The third-order valence-corrected chi connectivity index (χ3v) is 3.60. The van der Waals surface area contributed by atoms with E-state index in [4.69, 9.17) is 11.5 Å². The van der Waals surface area contributed by atoms with Crippen molar-refractivity contribution >= 4 is 12.0 Å². The number of carboxylic acid groups (broad SMARTS) is 1. The van der Waals surface area contributed by atoms with Gasteiger partial charge in [-0.2, -0.15) is 0 Å². The van der Waals surface area contributed by atoms with E-state index in [-0.39, 0.29) is 18.5 Å². The summed E-state index contributed by atoms with van der Waals surface area (Å²) < 4.78 is 0. The smallest absolute Gasteiger partial charge is 0.317 e. The molecule has 0 aromatic rings. The molecule has 1 aliphatic rings. The summed E-state index contributed by atoms with van der Waals surface area (Å²) in [5, 5.41) is 11.7. The van der Waals surface area contributed by atoms with Gasteiger partial charge in [0.2, 0.25) is 0 Å². The van der Waals surface area contributed by atoms with Crippen LogP contribution in [0.1, 0.15) is 51.4 Å². The zero-order valence-electron chi connectivity index (χ0n) is 11.9. The van der Waals surface area contributed by atoms with Crippen LogP contribution in [-0.4, -0.2) is 41.1 Å². The SMILES string of the molecule is C#CCCCCNC(=O)N1CCCCC1CCC(=O)O. The minimum Gasteiger partial charge on any atom is -0.481 e. The predicted octanol–water partition coefficient (Wildman–Crippen LogP) is 2.22. The van der Waals surface area contributed by atoms with Crippen LogP contribution in [0.2, 0.25) is 0 Å². The van der Waals surface area contributed by atoms with E-state index in [0.29, 0.717) is 13.0 Å². The van der Waals surface area contributed by atoms with Gasteiger partial charge in [0.15, 0.2) is 0 Å². The highest BCUT2D eigenvalue weighted by atomic mass is 16.4. The molecule has 1 saturated heterocycles. The molecule has 1 unspecified atom stereocenters. The number of terminal acetylenes is 1. The van der Waals surface area contributed by atoms with E-state index in [1.165, 1.54) is 0 Å². The Morgan fingerprint density at radius 3 is 2.85 bits per heavy atom. The fraction of sp³-hybridized carbons (Fsp3) is 0.733. The molecular weight excluding hydrogens is 256 g/mol. The highest BCUT2D eigenvalue weighted by molar-refractivity contribution is 5.74. The summed E-state index contributed by atoms with van der Waals surface area (Å²) in [4.78, 5) is 24.6. The van der Waals surface area contributed by atoms with Crippen molar-refractivity contribution in [1.29, 1.82) is 0 Å². The van der Waals surface area contributed by atoms with Crippen molar-refractivity contribution in [1.82, 2.24) is 10.2 Å². The number of rotatable bonds is 7. The van der Waals surface area contributed by atoms with Gasteiger partial charge in [0.1, 0.15) is 0 Å². The van der Waals surface area contributed by atoms with Crippen molar-refractivity contribution in [2.75, 3.05) is 13.1 Å². The van der Waals surface area contributed by atoms with Crippen molar-refractivity contribution in [2.45, 2.75) is 57.4 Å².